The van der Waals surface area contributed by atoms with Crippen molar-refractivity contribution < 1.29 is 40.7 Å². The summed E-state index contributed by atoms with van der Waals surface area (Å²) in [6, 6.07) is 1.73. The van der Waals surface area contributed by atoms with E-state index in [0.717, 1.165) is 12.1 Å². The van der Waals surface area contributed by atoms with E-state index in [2.05, 4.69) is 4.98 Å². The van der Waals surface area contributed by atoms with Crippen molar-refractivity contribution in [3.8, 4) is 0 Å². The third kappa shape index (κ3) is 2.43. The summed E-state index contributed by atoms with van der Waals surface area (Å²) in [6.07, 6.45) is 0. The lowest BCUT2D eigenvalue weighted by atomic mass is 10.1. The molecule has 0 aliphatic carbocycles. The molecule has 1 heterocycles. The SMILES string of the molecule is O=C(O)c1[nH]c2c([NH+]([O-])O)cc([NH+]([O-])O)cc2c1C(=O)O. The van der Waals surface area contributed by atoms with Crippen LogP contribution in [0, 0.1) is 10.4 Å². The van der Waals surface area contributed by atoms with Crippen LogP contribution in [0.1, 0.15) is 20.8 Å². The minimum Gasteiger partial charge on any atom is -0.595 e. The number of aromatic nitrogens is 1. The van der Waals surface area contributed by atoms with Crippen LogP contribution in [0.5, 0.6) is 0 Å². The third-order valence-electron chi connectivity index (χ3n) is 2.81. The van der Waals surface area contributed by atoms with Crippen molar-refractivity contribution in [2.24, 2.45) is 0 Å². The molecule has 7 N–H and O–H groups in total. The molecule has 112 valence electrons. The van der Waals surface area contributed by atoms with E-state index >= 15 is 0 Å². The number of hydrogen-bond donors (Lipinski definition) is 7. The number of aromatic carboxylic acids is 2. The molecule has 11 heteroatoms. The summed E-state index contributed by atoms with van der Waals surface area (Å²) in [5, 5.41) is 54.9. The lowest BCUT2D eigenvalue weighted by Gasteiger charge is -2.16. The first kappa shape index (κ1) is 14.9. The van der Waals surface area contributed by atoms with Gasteiger partial charge in [-0.05, 0) is 0 Å². The maximum atomic E-state index is 11.2. The first-order valence-electron chi connectivity index (χ1n) is 5.37. The third-order valence-corrected chi connectivity index (χ3v) is 2.81. The van der Waals surface area contributed by atoms with Gasteiger partial charge in [-0.1, -0.05) is 0 Å². The predicted molar refractivity (Wildman–Crippen MR) is 63.8 cm³/mol. The van der Waals surface area contributed by atoms with Gasteiger partial charge in [0, 0.05) is 11.5 Å². The fraction of sp³-hybridized carbons (Fsp3) is 0. The number of fused-ring (bicyclic) bond motifs is 1. The Morgan fingerprint density at radius 2 is 1.67 bits per heavy atom. The molecule has 2 aromatic rings. The molecule has 2 atom stereocenters. The van der Waals surface area contributed by atoms with Gasteiger partial charge in [-0.15, -0.1) is 0 Å². The first-order chi connectivity index (χ1) is 9.73. The smallest absolute Gasteiger partial charge is 0.353 e. The van der Waals surface area contributed by atoms with Crippen molar-refractivity contribution in [2.45, 2.75) is 0 Å². The summed E-state index contributed by atoms with van der Waals surface area (Å²) < 4.78 is 0. The molecule has 0 aliphatic heterocycles. The van der Waals surface area contributed by atoms with E-state index in [-0.39, 0.29) is 10.9 Å². The Bertz CT molecular complexity index is 735. The van der Waals surface area contributed by atoms with Crippen LogP contribution in [0.15, 0.2) is 12.1 Å². The van der Waals surface area contributed by atoms with Gasteiger partial charge in [-0.25, -0.2) is 20.0 Å². The zero-order valence-electron chi connectivity index (χ0n) is 10.1. The maximum absolute atomic E-state index is 11.2. The zero-order valence-corrected chi connectivity index (χ0v) is 10.1. The molecule has 21 heavy (non-hydrogen) atoms. The molecule has 0 spiro atoms. The van der Waals surface area contributed by atoms with Gasteiger partial charge in [0.15, 0.2) is 11.4 Å². The van der Waals surface area contributed by atoms with Crippen molar-refractivity contribution in [1.82, 2.24) is 4.98 Å². The Morgan fingerprint density at radius 3 is 2.10 bits per heavy atom. The predicted octanol–water partition coefficient (Wildman–Crippen LogP) is -1.63. The second-order valence-electron chi connectivity index (χ2n) is 4.04. The van der Waals surface area contributed by atoms with E-state index in [1.54, 1.807) is 0 Å². The summed E-state index contributed by atoms with van der Waals surface area (Å²) >= 11 is 0. The van der Waals surface area contributed by atoms with Crippen molar-refractivity contribution in [2.75, 3.05) is 0 Å². The first-order valence-corrected chi connectivity index (χ1v) is 5.37. The highest BCUT2D eigenvalue weighted by molar-refractivity contribution is 6.13. The molecule has 0 saturated carbocycles. The number of carbonyl (C=O) groups is 2. The lowest BCUT2D eigenvalue weighted by molar-refractivity contribution is -0.995. The Kier molecular flexibility index (Phi) is 3.61. The van der Waals surface area contributed by atoms with E-state index in [1.807, 2.05) is 0 Å². The number of benzene rings is 1. The average molecular weight is 299 g/mol. The lowest BCUT2D eigenvalue weighted by Crippen LogP contribution is -3.00. The number of hydrogen-bond acceptors (Lipinski definition) is 6. The summed E-state index contributed by atoms with van der Waals surface area (Å²) in [5.41, 5.74) is -2.66. The summed E-state index contributed by atoms with van der Waals surface area (Å²) in [5.74, 6) is -3.21. The Morgan fingerprint density at radius 1 is 1.05 bits per heavy atom. The van der Waals surface area contributed by atoms with E-state index < -0.39 is 45.0 Å². The number of aromatic amines is 1. The van der Waals surface area contributed by atoms with Crippen LogP contribution in [-0.2, 0) is 0 Å². The zero-order chi connectivity index (χ0) is 15.9. The van der Waals surface area contributed by atoms with E-state index in [9.17, 15) is 20.0 Å². The normalized spacial score (nSPS) is 14.1. The highest BCUT2D eigenvalue weighted by atomic mass is 16.8. The van der Waals surface area contributed by atoms with E-state index in [1.165, 1.54) is 0 Å². The van der Waals surface area contributed by atoms with E-state index in [0.29, 0.717) is 0 Å². The summed E-state index contributed by atoms with van der Waals surface area (Å²) in [6.45, 7) is 0. The minimum absolute atomic E-state index is 0.262. The molecule has 11 nitrogen and oxygen atoms in total. The molecule has 0 saturated heterocycles. The van der Waals surface area contributed by atoms with Crippen LogP contribution >= 0.6 is 0 Å². The number of carboxylic acids is 2. The van der Waals surface area contributed by atoms with Crippen molar-refractivity contribution >= 4 is 34.2 Å². The van der Waals surface area contributed by atoms with Crippen molar-refractivity contribution in [3.05, 3.63) is 33.8 Å². The van der Waals surface area contributed by atoms with Gasteiger partial charge in [0.1, 0.15) is 16.8 Å². The van der Waals surface area contributed by atoms with Gasteiger partial charge >= 0.3 is 11.9 Å². The van der Waals surface area contributed by atoms with Crippen molar-refractivity contribution in [3.63, 3.8) is 0 Å². The monoisotopic (exact) mass is 299 g/mol. The molecule has 1 aromatic carbocycles. The van der Waals surface area contributed by atoms with Gasteiger partial charge in [0.2, 0.25) is 0 Å². The molecule has 1 aromatic heterocycles. The summed E-state index contributed by atoms with van der Waals surface area (Å²) in [4.78, 5) is 24.4. The standard InChI is InChI=1S/C10H9N3O8/c14-9(15)6-4-1-3(12(18)19)2-5(13(20)21)7(4)11-8(6)10(16)17/h1-2,11-13,18,20H,(H,14,15)(H,16,17). The van der Waals surface area contributed by atoms with Crippen molar-refractivity contribution in [1.29, 1.82) is 0 Å². The van der Waals surface area contributed by atoms with Crippen LogP contribution in [0.3, 0.4) is 0 Å². The largest absolute Gasteiger partial charge is 0.595 e. The highest BCUT2D eigenvalue weighted by Gasteiger charge is 2.27. The fourth-order valence-electron chi connectivity index (χ4n) is 1.97. The Balaban J connectivity index is 2.94. The molecule has 2 unspecified atom stereocenters. The minimum atomic E-state index is -1.61. The van der Waals surface area contributed by atoms with Crippen LogP contribution in [0.2, 0.25) is 0 Å². The second kappa shape index (κ2) is 5.10. The average Bonchev–Trinajstić information content (AvgIpc) is 2.76. The van der Waals surface area contributed by atoms with Gasteiger partial charge in [-0.3, -0.25) is 0 Å². The van der Waals surface area contributed by atoms with Crippen LogP contribution in [-0.4, -0.2) is 37.6 Å². The summed E-state index contributed by atoms with van der Waals surface area (Å²) in [7, 11) is 0. The highest BCUT2D eigenvalue weighted by Crippen LogP contribution is 2.29. The molecule has 0 fully saturated rings. The number of carboxylic acid groups (broad SMARTS) is 2. The van der Waals surface area contributed by atoms with Crippen LogP contribution < -0.4 is 10.5 Å². The van der Waals surface area contributed by atoms with Crippen LogP contribution in [0.4, 0.5) is 11.4 Å². The van der Waals surface area contributed by atoms with E-state index in [4.69, 9.17) is 20.6 Å². The van der Waals surface area contributed by atoms with Gasteiger partial charge in [0.25, 0.3) is 0 Å². The number of quaternary nitrogens is 2. The quantitative estimate of drug-likeness (QED) is 0.328. The van der Waals surface area contributed by atoms with Gasteiger partial charge in [0.05, 0.1) is 6.07 Å². The topological polar surface area (TPSA) is 186 Å². The molecule has 0 bridgehead atoms. The Labute approximate surface area is 114 Å². The number of rotatable bonds is 4. The number of H-pyrrole nitrogens is 1. The molecular weight excluding hydrogens is 290 g/mol. The Hall–Kier alpha value is -2.54. The maximum Gasteiger partial charge on any atom is 0.353 e. The molecule has 0 aliphatic rings. The number of nitrogens with one attached hydrogen (secondary N) is 3. The van der Waals surface area contributed by atoms with Crippen LogP contribution in [0.25, 0.3) is 10.9 Å². The molecule has 0 radical (unpaired) electrons. The molecule has 2 rings (SSSR count). The second-order valence-corrected chi connectivity index (χ2v) is 4.04. The fourth-order valence-corrected chi connectivity index (χ4v) is 1.97. The van der Waals surface area contributed by atoms with Gasteiger partial charge < -0.3 is 25.6 Å². The molecular formula is C10H9N3O8. The molecule has 0 amide bonds. The van der Waals surface area contributed by atoms with Gasteiger partial charge in [-0.2, -0.15) is 10.5 Å².